The monoisotopic (exact) mass is 555 g/mol. The summed E-state index contributed by atoms with van der Waals surface area (Å²) in [5.41, 5.74) is 4.46. The average molecular weight is 556 g/mol. The first-order valence-electron chi connectivity index (χ1n) is 13.1. The number of aliphatic hydroxyl groups excluding tert-OH is 1. The molecule has 0 unspecified atom stereocenters. The molecule has 3 aromatic carbocycles. The van der Waals surface area contributed by atoms with Crippen LogP contribution in [0.4, 0.5) is 0 Å². The van der Waals surface area contributed by atoms with Gasteiger partial charge in [0.05, 0.1) is 36.5 Å². The van der Waals surface area contributed by atoms with Crippen LogP contribution in [0.25, 0.3) is 0 Å². The van der Waals surface area contributed by atoms with Crippen LogP contribution in [-0.4, -0.2) is 43.2 Å². The third-order valence-electron chi connectivity index (χ3n) is 7.26. The zero-order chi connectivity index (χ0) is 27.6. The first-order chi connectivity index (χ1) is 19.5. The average Bonchev–Trinajstić information content (AvgIpc) is 3.52. The fourth-order valence-electron chi connectivity index (χ4n) is 5.03. The smallest absolute Gasteiger partial charge is 0.261 e. The molecule has 6 rings (SSSR count). The van der Waals surface area contributed by atoms with Gasteiger partial charge in [0.15, 0.2) is 11.4 Å². The van der Waals surface area contributed by atoms with E-state index in [1.165, 1.54) is 4.90 Å². The third-order valence-corrected chi connectivity index (χ3v) is 8.45. The highest BCUT2D eigenvalue weighted by Gasteiger charge is 2.35. The second kappa shape index (κ2) is 11.4. The van der Waals surface area contributed by atoms with Crippen LogP contribution in [0.1, 0.15) is 61.8 Å². The van der Waals surface area contributed by atoms with Gasteiger partial charge in [-0.05, 0) is 28.8 Å². The van der Waals surface area contributed by atoms with Crippen molar-refractivity contribution in [1.82, 2.24) is 14.5 Å². The van der Waals surface area contributed by atoms with Crippen LogP contribution in [-0.2, 0) is 29.7 Å². The number of aliphatic hydroxyl groups is 1. The molecule has 3 atom stereocenters. The highest BCUT2D eigenvalue weighted by molar-refractivity contribution is 7.99. The quantitative estimate of drug-likeness (QED) is 0.240. The maximum absolute atomic E-state index is 12.8. The van der Waals surface area contributed by atoms with Crippen molar-refractivity contribution in [3.63, 3.8) is 0 Å². The first-order valence-corrected chi connectivity index (χ1v) is 14.1. The van der Waals surface area contributed by atoms with Crippen LogP contribution in [0.2, 0.25) is 0 Å². The normalized spacial score (nSPS) is 20.6. The van der Waals surface area contributed by atoms with E-state index in [9.17, 15) is 14.7 Å². The van der Waals surface area contributed by atoms with E-state index in [-0.39, 0.29) is 37.2 Å². The number of ether oxygens (including phenoxy) is 2. The fourth-order valence-corrected chi connectivity index (χ4v) is 5.98. The molecule has 0 bridgehead atoms. The molecular formula is C31H29N3O5S. The van der Waals surface area contributed by atoms with Crippen LogP contribution in [0.15, 0.2) is 90.3 Å². The topological polar surface area (TPSA) is 93.9 Å². The molecule has 2 aliphatic rings. The Hall–Kier alpha value is -3.76. The van der Waals surface area contributed by atoms with Gasteiger partial charge < -0.3 is 19.1 Å². The Balaban J connectivity index is 1.18. The van der Waals surface area contributed by atoms with Gasteiger partial charge >= 0.3 is 0 Å². The maximum Gasteiger partial charge on any atom is 0.261 e. The summed E-state index contributed by atoms with van der Waals surface area (Å²) in [6.07, 6.45) is 3.54. The second-order valence-electron chi connectivity index (χ2n) is 9.97. The van der Waals surface area contributed by atoms with Crippen molar-refractivity contribution in [2.75, 3.05) is 5.75 Å². The van der Waals surface area contributed by atoms with Crippen LogP contribution in [0.5, 0.6) is 0 Å². The number of amides is 2. The SMILES string of the molecule is Cn1ccnc1SC[C@H]1C[C@@H](c2ccc(CO)cc2)O[C@@H](c2ccc(CN3C(=O)c4ccccc4C3=O)cc2)O1. The number of aryl methyl sites for hydroxylation is 1. The first kappa shape index (κ1) is 26.5. The number of benzene rings is 3. The van der Waals surface area contributed by atoms with E-state index in [4.69, 9.17) is 9.47 Å². The minimum absolute atomic E-state index is 0.00642. The minimum Gasteiger partial charge on any atom is -0.392 e. The van der Waals surface area contributed by atoms with Crippen molar-refractivity contribution in [3.8, 4) is 0 Å². The molecule has 204 valence electrons. The lowest BCUT2D eigenvalue weighted by Gasteiger charge is -2.36. The molecule has 1 aromatic heterocycles. The number of imidazole rings is 1. The van der Waals surface area contributed by atoms with Gasteiger partial charge in [-0.15, -0.1) is 0 Å². The Morgan fingerprint density at radius 1 is 0.900 bits per heavy atom. The van der Waals surface area contributed by atoms with Crippen molar-refractivity contribution in [3.05, 3.63) is 119 Å². The summed E-state index contributed by atoms with van der Waals surface area (Å²) in [6.45, 7) is 0.190. The molecule has 0 aliphatic carbocycles. The molecule has 0 spiro atoms. The largest absolute Gasteiger partial charge is 0.392 e. The molecule has 2 aliphatic heterocycles. The number of carbonyl (C=O) groups is 2. The maximum atomic E-state index is 12.8. The molecule has 2 amide bonds. The number of rotatable bonds is 8. The highest BCUT2D eigenvalue weighted by atomic mass is 32.2. The zero-order valence-corrected chi connectivity index (χ0v) is 22.8. The van der Waals surface area contributed by atoms with E-state index in [1.54, 1.807) is 42.2 Å². The number of aromatic nitrogens is 2. The molecule has 0 saturated carbocycles. The predicted molar refractivity (Wildman–Crippen MR) is 149 cm³/mol. The molecule has 1 fully saturated rings. The number of nitrogens with zero attached hydrogens (tertiary/aromatic N) is 3. The second-order valence-corrected chi connectivity index (χ2v) is 11.0. The van der Waals surface area contributed by atoms with Crippen molar-refractivity contribution >= 4 is 23.6 Å². The summed E-state index contributed by atoms with van der Waals surface area (Å²) < 4.78 is 14.8. The highest BCUT2D eigenvalue weighted by Crippen LogP contribution is 2.39. The van der Waals surface area contributed by atoms with Crippen LogP contribution < -0.4 is 0 Å². The molecular weight excluding hydrogens is 526 g/mol. The number of hydrogen-bond donors (Lipinski definition) is 1. The summed E-state index contributed by atoms with van der Waals surface area (Å²) in [5.74, 6) is 0.173. The van der Waals surface area contributed by atoms with Gasteiger partial charge in [0.25, 0.3) is 11.8 Å². The van der Waals surface area contributed by atoms with E-state index < -0.39 is 6.29 Å². The van der Waals surface area contributed by atoms with Gasteiger partial charge in [0.2, 0.25) is 0 Å². The molecule has 1 saturated heterocycles. The summed E-state index contributed by atoms with van der Waals surface area (Å²) in [4.78, 5) is 31.3. The van der Waals surface area contributed by atoms with E-state index in [2.05, 4.69) is 4.98 Å². The van der Waals surface area contributed by atoms with Crippen molar-refractivity contribution in [1.29, 1.82) is 0 Å². The Morgan fingerprint density at radius 3 is 2.17 bits per heavy atom. The van der Waals surface area contributed by atoms with Gasteiger partial charge in [-0.25, -0.2) is 4.98 Å². The zero-order valence-electron chi connectivity index (χ0n) is 22.0. The molecule has 40 heavy (non-hydrogen) atoms. The standard InChI is InChI=1S/C31H29N3O5S/c1-33-15-14-32-31(33)40-19-24-16-27(22-10-8-21(18-35)9-11-22)39-30(38-24)23-12-6-20(7-13-23)17-34-28(36)25-4-2-3-5-26(25)29(34)37/h2-15,24,27,30,35H,16-19H2,1H3/t24-,27+,30+/m1/s1. The molecule has 4 aromatic rings. The predicted octanol–water partition coefficient (Wildman–Crippen LogP) is 5.05. The summed E-state index contributed by atoms with van der Waals surface area (Å²) in [6, 6.07) is 22.4. The number of fused-ring (bicyclic) bond motifs is 1. The Kier molecular flexibility index (Phi) is 7.53. The molecule has 0 radical (unpaired) electrons. The van der Waals surface area contributed by atoms with Crippen molar-refractivity contribution < 1.29 is 24.2 Å². The number of thioether (sulfide) groups is 1. The van der Waals surface area contributed by atoms with E-state index >= 15 is 0 Å². The van der Waals surface area contributed by atoms with Gasteiger partial charge in [-0.3, -0.25) is 14.5 Å². The number of imide groups is 1. The van der Waals surface area contributed by atoms with Gasteiger partial charge in [0, 0.05) is 37.2 Å². The summed E-state index contributed by atoms with van der Waals surface area (Å²) >= 11 is 1.65. The van der Waals surface area contributed by atoms with Crippen LogP contribution >= 0.6 is 11.8 Å². The van der Waals surface area contributed by atoms with E-state index in [0.717, 1.165) is 27.4 Å². The Labute approximate surface area is 236 Å². The van der Waals surface area contributed by atoms with Gasteiger partial charge in [-0.2, -0.15) is 0 Å². The molecule has 9 heteroatoms. The lowest BCUT2D eigenvalue weighted by atomic mass is 10.0. The number of carbonyl (C=O) groups excluding carboxylic acids is 2. The van der Waals surface area contributed by atoms with E-state index in [0.29, 0.717) is 23.3 Å². The van der Waals surface area contributed by atoms with Gasteiger partial charge in [-0.1, -0.05) is 72.4 Å². The van der Waals surface area contributed by atoms with Crippen LogP contribution in [0.3, 0.4) is 0 Å². The molecule has 8 nitrogen and oxygen atoms in total. The third kappa shape index (κ3) is 5.33. The van der Waals surface area contributed by atoms with Crippen molar-refractivity contribution in [2.24, 2.45) is 7.05 Å². The lowest BCUT2D eigenvalue weighted by molar-refractivity contribution is -0.245. The number of hydrogen-bond acceptors (Lipinski definition) is 7. The molecule has 3 heterocycles. The summed E-state index contributed by atoms with van der Waals surface area (Å²) in [5, 5.41) is 10.4. The molecule has 1 N–H and O–H groups in total. The minimum atomic E-state index is -0.586. The summed E-state index contributed by atoms with van der Waals surface area (Å²) in [7, 11) is 1.97. The van der Waals surface area contributed by atoms with Gasteiger partial charge in [0.1, 0.15) is 0 Å². The Morgan fingerprint density at radius 2 is 1.55 bits per heavy atom. The Bertz CT molecular complexity index is 1480. The van der Waals surface area contributed by atoms with Crippen LogP contribution in [0, 0.1) is 0 Å². The lowest BCUT2D eigenvalue weighted by Crippen LogP contribution is -2.31. The fraction of sp³-hybridized carbons (Fsp3) is 0.258. The van der Waals surface area contributed by atoms with E-state index in [1.807, 2.05) is 66.3 Å². The van der Waals surface area contributed by atoms with Crippen molar-refractivity contribution in [2.45, 2.75) is 43.2 Å².